The SMILES string of the molecule is Nc1ccc(N(N)C=O)cc1. The molecule has 58 valence electrons. The highest BCUT2D eigenvalue weighted by Gasteiger charge is 1.96. The highest BCUT2D eigenvalue weighted by atomic mass is 16.1. The van der Waals surface area contributed by atoms with Crippen molar-refractivity contribution in [1.29, 1.82) is 0 Å². The van der Waals surface area contributed by atoms with Crippen molar-refractivity contribution < 1.29 is 4.79 Å². The standard InChI is InChI=1S/C7H9N3O/c8-6-1-3-7(4-2-6)10(9)5-11/h1-5H,8-9H2. The van der Waals surface area contributed by atoms with Crippen LogP contribution in [0.2, 0.25) is 0 Å². The Bertz CT molecular complexity index is 244. The maximum atomic E-state index is 10.2. The van der Waals surface area contributed by atoms with E-state index in [0.29, 0.717) is 17.8 Å². The molecule has 1 aromatic carbocycles. The molecule has 0 saturated carbocycles. The van der Waals surface area contributed by atoms with Gasteiger partial charge in [-0.15, -0.1) is 0 Å². The summed E-state index contributed by atoms with van der Waals surface area (Å²) in [5.74, 6) is 5.27. The fourth-order valence-corrected chi connectivity index (χ4v) is 0.707. The second-order valence-corrected chi connectivity index (χ2v) is 2.10. The molecule has 1 rings (SSSR count). The van der Waals surface area contributed by atoms with E-state index in [4.69, 9.17) is 11.6 Å². The molecule has 0 saturated heterocycles. The van der Waals surface area contributed by atoms with E-state index in [0.717, 1.165) is 5.01 Å². The minimum absolute atomic E-state index is 0.533. The van der Waals surface area contributed by atoms with Crippen LogP contribution in [0.25, 0.3) is 0 Å². The first-order valence-corrected chi connectivity index (χ1v) is 3.09. The number of rotatable bonds is 2. The molecule has 0 fully saturated rings. The summed E-state index contributed by atoms with van der Waals surface area (Å²) in [5, 5.41) is 0.986. The van der Waals surface area contributed by atoms with Gasteiger partial charge in [-0.1, -0.05) is 0 Å². The number of amides is 1. The molecule has 0 aromatic heterocycles. The molecule has 0 radical (unpaired) electrons. The molecular weight excluding hydrogens is 142 g/mol. The first kappa shape index (κ1) is 7.56. The van der Waals surface area contributed by atoms with Crippen molar-refractivity contribution in [2.75, 3.05) is 10.7 Å². The largest absolute Gasteiger partial charge is 0.399 e. The third-order valence-electron chi connectivity index (χ3n) is 1.30. The number of hydrogen-bond donors (Lipinski definition) is 2. The van der Waals surface area contributed by atoms with Crippen molar-refractivity contribution in [3.05, 3.63) is 24.3 Å². The average molecular weight is 151 g/mol. The summed E-state index contributed by atoms with van der Waals surface area (Å²) in [6.45, 7) is 0. The molecule has 0 atom stereocenters. The van der Waals surface area contributed by atoms with Gasteiger partial charge in [0.15, 0.2) is 0 Å². The Balaban J connectivity index is 2.89. The van der Waals surface area contributed by atoms with Gasteiger partial charge in [0.1, 0.15) is 0 Å². The van der Waals surface area contributed by atoms with Gasteiger partial charge in [0.05, 0.1) is 5.69 Å². The predicted molar refractivity (Wildman–Crippen MR) is 43.6 cm³/mol. The molecule has 0 aliphatic rings. The number of hydrazine groups is 1. The second-order valence-electron chi connectivity index (χ2n) is 2.10. The van der Waals surface area contributed by atoms with Crippen molar-refractivity contribution >= 4 is 17.8 Å². The molecule has 11 heavy (non-hydrogen) atoms. The zero-order valence-corrected chi connectivity index (χ0v) is 5.90. The van der Waals surface area contributed by atoms with Crippen LogP contribution >= 0.6 is 0 Å². The molecule has 0 unspecified atom stereocenters. The van der Waals surface area contributed by atoms with Gasteiger partial charge >= 0.3 is 0 Å². The van der Waals surface area contributed by atoms with Crippen molar-refractivity contribution in [2.45, 2.75) is 0 Å². The van der Waals surface area contributed by atoms with E-state index in [1.807, 2.05) is 0 Å². The lowest BCUT2D eigenvalue weighted by Crippen LogP contribution is -2.28. The highest BCUT2D eigenvalue weighted by Crippen LogP contribution is 2.11. The number of nitrogens with zero attached hydrogens (tertiary/aromatic N) is 1. The Labute approximate surface area is 64.4 Å². The molecule has 4 nitrogen and oxygen atoms in total. The van der Waals surface area contributed by atoms with E-state index in [9.17, 15) is 4.79 Å². The maximum absolute atomic E-state index is 10.2. The fraction of sp³-hybridized carbons (Fsp3) is 0. The van der Waals surface area contributed by atoms with Gasteiger partial charge in [0.25, 0.3) is 0 Å². The predicted octanol–water partition coefficient (Wildman–Crippen LogP) is 0.105. The molecule has 0 bridgehead atoms. The number of carbonyl (C=O) groups is 1. The van der Waals surface area contributed by atoms with Gasteiger partial charge in [-0.3, -0.25) is 9.80 Å². The summed E-state index contributed by atoms with van der Waals surface area (Å²) >= 11 is 0. The van der Waals surface area contributed by atoms with Crippen LogP contribution in [0.4, 0.5) is 11.4 Å². The normalized spacial score (nSPS) is 9.18. The van der Waals surface area contributed by atoms with Crippen molar-refractivity contribution in [3.8, 4) is 0 Å². The second kappa shape index (κ2) is 3.03. The van der Waals surface area contributed by atoms with Crippen LogP contribution < -0.4 is 16.6 Å². The van der Waals surface area contributed by atoms with E-state index in [-0.39, 0.29) is 0 Å². The van der Waals surface area contributed by atoms with Crippen molar-refractivity contribution in [3.63, 3.8) is 0 Å². The summed E-state index contributed by atoms with van der Waals surface area (Å²) in [6, 6.07) is 6.70. The minimum Gasteiger partial charge on any atom is -0.399 e. The smallest absolute Gasteiger partial charge is 0.228 e. The van der Waals surface area contributed by atoms with Gasteiger partial charge in [-0.05, 0) is 24.3 Å². The van der Waals surface area contributed by atoms with E-state index >= 15 is 0 Å². The molecule has 0 spiro atoms. The molecule has 0 aliphatic carbocycles. The van der Waals surface area contributed by atoms with E-state index < -0.39 is 0 Å². The van der Waals surface area contributed by atoms with Gasteiger partial charge in [-0.25, -0.2) is 5.84 Å². The van der Waals surface area contributed by atoms with Gasteiger partial charge in [-0.2, -0.15) is 0 Å². The zero-order valence-electron chi connectivity index (χ0n) is 5.90. The Kier molecular flexibility index (Phi) is 2.08. The topological polar surface area (TPSA) is 72.3 Å². The maximum Gasteiger partial charge on any atom is 0.228 e. The zero-order chi connectivity index (χ0) is 8.27. The lowest BCUT2D eigenvalue weighted by atomic mass is 10.3. The van der Waals surface area contributed by atoms with Crippen LogP contribution in [-0.4, -0.2) is 6.41 Å². The van der Waals surface area contributed by atoms with Crippen molar-refractivity contribution in [2.24, 2.45) is 5.84 Å². The lowest BCUT2D eigenvalue weighted by molar-refractivity contribution is -0.107. The highest BCUT2D eigenvalue weighted by molar-refractivity contribution is 5.73. The van der Waals surface area contributed by atoms with E-state index in [2.05, 4.69) is 0 Å². The van der Waals surface area contributed by atoms with Gasteiger partial charge in [0, 0.05) is 5.69 Å². The molecule has 1 amide bonds. The first-order valence-electron chi connectivity index (χ1n) is 3.09. The summed E-state index contributed by atoms with van der Waals surface area (Å²) < 4.78 is 0. The quantitative estimate of drug-likeness (QED) is 0.207. The van der Waals surface area contributed by atoms with E-state index in [1.165, 1.54) is 0 Å². The van der Waals surface area contributed by atoms with Crippen LogP contribution in [0, 0.1) is 0 Å². The average Bonchev–Trinajstić information content (AvgIpc) is 2.05. The van der Waals surface area contributed by atoms with Crippen molar-refractivity contribution in [1.82, 2.24) is 0 Å². The Morgan fingerprint density at radius 3 is 2.27 bits per heavy atom. The number of hydrogen-bond acceptors (Lipinski definition) is 3. The Morgan fingerprint density at radius 1 is 1.27 bits per heavy atom. The molecule has 0 aliphatic heterocycles. The molecule has 4 heteroatoms. The molecule has 4 N–H and O–H groups in total. The number of anilines is 2. The summed E-state index contributed by atoms with van der Waals surface area (Å²) in [5.41, 5.74) is 6.69. The first-order chi connectivity index (χ1) is 5.24. The number of nitrogen functional groups attached to an aromatic ring is 1. The Hall–Kier alpha value is -1.55. The van der Waals surface area contributed by atoms with Crippen LogP contribution in [0.3, 0.4) is 0 Å². The summed E-state index contributed by atoms with van der Waals surface area (Å²) in [7, 11) is 0. The summed E-state index contributed by atoms with van der Waals surface area (Å²) in [4.78, 5) is 10.2. The van der Waals surface area contributed by atoms with E-state index in [1.54, 1.807) is 24.3 Å². The monoisotopic (exact) mass is 151 g/mol. The molecular formula is C7H9N3O. The number of nitrogens with two attached hydrogens (primary N) is 2. The van der Waals surface area contributed by atoms with Crippen LogP contribution in [0.15, 0.2) is 24.3 Å². The van der Waals surface area contributed by atoms with Crippen LogP contribution in [-0.2, 0) is 4.79 Å². The number of benzene rings is 1. The van der Waals surface area contributed by atoms with Gasteiger partial charge in [0.2, 0.25) is 6.41 Å². The third kappa shape index (κ3) is 1.68. The van der Waals surface area contributed by atoms with Crippen LogP contribution in [0.5, 0.6) is 0 Å². The fourth-order valence-electron chi connectivity index (χ4n) is 0.707. The summed E-state index contributed by atoms with van der Waals surface area (Å²) in [6.07, 6.45) is 0.533. The number of carbonyl (C=O) groups excluding carboxylic acids is 1. The third-order valence-corrected chi connectivity index (χ3v) is 1.30. The lowest BCUT2D eigenvalue weighted by Gasteiger charge is -2.08. The molecule has 1 aromatic rings. The van der Waals surface area contributed by atoms with Crippen LogP contribution in [0.1, 0.15) is 0 Å². The van der Waals surface area contributed by atoms with Gasteiger partial charge < -0.3 is 5.73 Å². The Morgan fingerprint density at radius 2 is 1.82 bits per heavy atom. The molecule has 0 heterocycles. The minimum atomic E-state index is 0.533.